The quantitative estimate of drug-likeness (QED) is 0.902. The van der Waals surface area contributed by atoms with Gasteiger partial charge in [-0.1, -0.05) is 18.2 Å². The van der Waals surface area contributed by atoms with E-state index < -0.39 is 6.43 Å². The molecule has 2 nitrogen and oxygen atoms in total. The molecule has 19 heavy (non-hydrogen) atoms. The van der Waals surface area contributed by atoms with Gasteiger partial charge in [-0.25, -0.2) is 8.78 Å². The van der Waals surface area contributed by atoms with Crippen LogP contribution in [0.1, 0.15) is 36.8 Å². The van der Waals surface area contributed by atoms with Gasteiger partial charge in [0.05, 0.1) is 0 Å². The van der Waals surface area contributed by atoms with E-state index in [1.54, 1.807) is 12.1 Å². The van der Waals surface area contributed by atoms with Crippen LogP contribution in [0.25, 0.3) is 0 Å². The van der Waals surface area contributed by atoms with Crippen LogP contribution in [0, 0.1) is 0 Å². The summed E-state index contributed by atoms with van der Waals surface area (Å²) in [6.07, 6.45) is 1.11. The van der Waals surface area contributed by atoms with E-state index in [2.05, 4.69) is 17.3 Å². The van der Waals surface area contributed by atoms with Crippen LogP contribution in [0.3, 0.4) is 0 Å². The normalized spacial score (nSPS) is 20.8. The molecule has 1 aliphatic heterocycles. The van der Waals surface area contributed by atoms with Crippen LogP contribution in [-0.2, 0) is 6.54 Å². The van der Waals surface area contributed by atoms with Gasteiger partial charge in [0, 0.05) is 18.2 Å². The summed E-state index contributed by atoms with van der Waals surface area (Å²) in [5.41, 5.74) is 1.09. The second kappa shape index (κ2) is 6.96. The maximum atomic E-state index is 12.7. The zero-order chi connectivity index (χ0) is 13.7. The lowest BCUT2D eigenvalue weighted by atomic mass is 10.1. The van der Waals surface area contributed by atoms with E-state index in [1.807, 2.05) is 6.07 Å². The summed E-state index contributed by atoms with van der Waals surface area (Å²) in [5.74, 6) is 0. The highest BCUT2D eigenvalue weighted by atomic mass is 19.3. The number of rotatable bonds is 4. The van der Waals surface area contributed by atoms with Crippen molar-refractivity contribution >= 4 is 0 Å². The van der Waals surface area contributed by atoms with Gasteiger partial charge in [-0.05, 0) is 51.0 Å². The predicted molar refractivity (Wildman–Crippen MR) is 73.4 cm³/mol. The summed E-state index contributed by atoms with van der Waals surface area (Å²) >= 11 is 0. The molecule has 1 heterocycles. The Hall–Kier alpha value is -1.00. The summed E-state index contributed by atoms with van der Waals surface area (Å²) < 4.78 is 25.3. The Morgan fingerprint density at radius 1 is 1.32 bits per heavy atom. The minimum Gasteiger partial charge on any atom is -0.317 e. The summed E-state index contributed by atoms with van der Waals surface area (Å²) in [4.78, 5) is 2.29. The first-order valence-electron chi connectivity index (χ1n) is 6.95. The molecular formula is C15H22F2N2. The van der Waals surface area contributed by atoms with E-state index in [0.717, 1.165) is 31.6 Å². The zero-order valence-corrected chi connectivity index (χ0v) is 11.4. The molecule has 1 fully saturated rings. The van der Waals surface area contributed by atoms with Crippen molar-refractivity contribution < 1.29 is 8.78 Å². The number of halogens is 2. The van der Waals surface area contributed by atoms with Crippen molar-refractivity contribution in [2.45, 2.75) is 38.3 Å². The maximum absolute atomic E-state index is 12.7. The van der Waals surface area contributed by atoms with E-state index >= 15 is 0 Å². The molecule has 0 amide bonds. The largest absolute Gasteiger partial charge is 0.317 e. The molecule has 0 spiro atoms. The highest BCUT2D eigenvalue weighted by molar-refractivity contribution is 5.24. The van der Waals surface area contributed by atoms with E-state index in [1.165, 1.54) is 18.9 Å². The molecular weight excluding hydrogens is 246 g/mol. The summed E-state index contributed by atoms with van der Waals surface area (Å²) in [6, 6.07) is 7.31. The average Bonchev–Trinajstić information content (AvgIpc) is 2.68. The first-order valence-corrected chi connectivity index (χ1v) is 6.95. The predicted octanol–water partition coefficient (Wildman–Crippen LogP) is 3.20. The van der Waals surface area contributed by atoms with Gasteiger partial charge >= 0.3 is 0 Å². The average molecular weight is 268 g/mol. The third kappa shape index (κ3) is 4.25. The lowest BCUT2D eigenvalue weighted by Gasteiger charge is -2.27. The number of hydrogen-bond donors (Lipinski definition) is 1. The SMILES string of the molecule is CN(Cc1cccc(C(F)F)c1)C1CCCNCC1. The fourth-order valence-corrected chi connectivity index (χ4v) is 2.69. The van der Waals surface area contributed by atoms with E-state index in [-0.39, 0.29) is 5.56 Å². The van der Waals surface area contributed by atoms with Crippen LogP contribution >= 0.6 is 0 Å². The molecule has 1 N–H and O–H groups in total. The van der Waals surface area contributed by atoms with Crippen molar-refractivity contribution in [2.24, 2.45) is 0 Å². The Kier molecular flexibility index (Phi) is 5.28. The molecule has 0 radical (unpaired) electrons. The first kappa shape index (κ1) is 14.4. The molecule has 1 aromatic carbocycles. The maximum Gasteiger partial charge on any atom is 0.263 e. The van der Waals surface area contributed by atoms with Crippen LogP contribution in [-0.4, -0.2) is 31.1 Å². The van der Waals surface area contributed by atoms with Crippen LogP contribution in [0.2, 0.25) is 0 Å². The molecule has 1 aromatic rings. The molecule has 1 unspecified atom stereocenters. The minimum absolute atomic E-state index is 0.119. The van der Waals surface area contributed by atoms with Crippen molar-refractivity contribution in [3.63, 3.8) is 0 Å². The topological polar surface area (TPSA) is 15.3 Å². The molecule has 0 bridgehead atoms. The number of benzene rings is 1. The van der Waals surface area contributed by atoms with Gasteiger partial charge in [-0.15, -0.1) is 0 Å². The summed E-state index contributed by atoms with van der Waals surface area (Å²) in [6.45, 7) is 2.88. The second-order valence-corrected chi connectivity index (χ2v) is 5.30. The number of hydrogen-bond acceptors (Lipinski definition) is 2. The Morgan fingerprint density at radius 3 is 2.95 bits per heavy atom. The number of alkyl halides is 2. The standard InChI is InChI=1S/C15H22F2N2/c1-19(14-6-3-8-18-9-7-14)11-12-4-2-5-13(10-12)15(16)17/h2,4-5,10,14-15,18H,3,6-9,11H2,1H3. The van der Waals surface area contributed by atoms with Crippen molar-refractivity contribution in [1.29, 1.82) is 0 Å². The van der Waals surface area contributed by atoms with Crippen LogP contribution in [0.5, 0.6) is 0 Å². The lowest BCUT2D eigenvalue weighted by molar-refractivity contribution is 0.151. The van der Waals surface area contributed by atoms with Gasteiger partial charge in [0.1, 0.15) is 0 Å². The Bertz CT molecular complexity index is 387. The van der Waals surface area contributed by atoms with Crippen molar-refractivity contribution in [1.82, 2.24) is 10.2 Å². The molecule has 106 valence electrons. The third-order valence-electron chi connectivity index (χ3n) is 3.80. The van der Waals surface area contributed by atoms with E-state index in [4.69, 9.17) is 0 Å². The molecule has 0 aliphatic carbocycles. The fraction of sp³-hybridized carbons (Fsp3) is 0.600. The number of nitrogens with zero attached hydrogens (tertiary/aromatic N) is 1. The Morgan fingerprint density at radius 2 is 2.16 bits per heavy atom. The van der Waals surface area contributed by atoms with Gasteiger partial charge < -0.3 is 5.32 Å². The van der Waals surface area contributed by atoms with Crippen LogP contribution in [0.4, 0.5) is 8.78 Å². The van der Waals surface area contributed by atoms with Crippen molar-refractivity contribution in [3.05, 3.63) is 35.4 Å². The summed E-state index contributed by atoms with van der Waals surface area (Å²) in [5, 5.41) is 3.39. The minimum atomic E-state index is -2.38. The Labute approximate surface area is 113 Å². The van der Waals surface area contributed by atoms with E-state index in [9.17, 15) is 8.78 Å². The zero-order valence-electron chi connectivity index (χ0n) is 11.4. The fourth-order valence-electron chi connectivity index (χ4n) is 2.69. The van der Waals surface area contributed by atoms with Gasteiger partial charge in [0.2, 0.25) is 0 Å². The molecule has 4 heteroatoms. The molecule has 0 aromatic heterocycles. The lowest BCUT2D eigenvalue weighted by Crippen LogP contribution is -2.32. The molecule has 0 saturated carbocycles. The first-order chi connectivity index (χ1) is 9.16. The summed E-state index contributed by atoms with van der Waals surface area (Å²) in [7, 11) is 2.09. The van der Waals surface area contributed by atoms with Gasteiger partial charge in [-0.2, -0.15) is 0 Å². The van der Waals surface area contributed by atoms with Gasteiger partial charge in [0.15, 0.2) is 0 Å². The molecule has 1 saturated heterocycles. The second-order valence-electron chi connectivity index (χ2n) is 5.30. The Balaban J connectivity index is 1.97. The van der Waals surface area contributed by atoms with Crippen molar-refractivity contribution in [2.75, 3.05) is 20.1 Å². The smallest absolute Gasteiger partial charge is 0.263 e. The molecule has 1 aliphatic rings. The van der Waals surface area contributed by atoms with E-state index in [0.29, 0.717) is 6.04 Å². The molecule has 2 rings (SSSR count). The van der Waals surface area contributed by atoms with Gasteiger partial charge in [0.25, 0.3) is 6.43 Å². The molecule has 1 atom stereocenters. The highest BCUT2D eigenvalue weighted by Crippen LogP contribution is 2.21. The van der Waals surface area contributed by atoms with Crippen LogP contribution < -0.4 is 5.32 Å². The van der Waals surface area contributed by atoms with Crippen LogP contribution in [0.15, 0.2) is 24.3 Å². The van der Waals surface area contributed by atoms with Gasteiger partial charge in [-0.3, -0.25) is 4.90 Å². The third-order valence-corrected chi connectivity index (χ3v) is 3.80. The number of nitrogens with one attached hydrogen (secondary N) is 1. The monoisotopic (exact) mass is 268 g/mol. The van der Waals surface area contributed by atoms with Crippen molar-refractivity contribution in [3.8, 4) is 0 Å². The highest BCUT2D eigenvalue weighted by Gasteiger charge is 2.17.